The van der Waals surface area contributed by atoms with E-state index in [1.165, 1.54) is 8.97 Å². The number of aromatic nitrogens is 5. The highest BCUT2D eigenvalue weighted by Crippen LogP contribution is 2.52. The van der Waals surface area contributed by atoms with Crippen LogP contribution in [0.4, 0.5) is 0 Å². The summed E-state index contributed by atoms with van der Waals surface area (Å²) in [5.41, 5.74) is 1.39. The average Bonchev–Trinajstić information content (AvgIpc) is 3.43. The van der Waals surface area contributed by atoms with Crippen molar-refractivity contribution >= 4 is 40.7 Å². The topological polar surface area (TPSA) is 153 Å². The lowest BCUT2D eigenvalue weighted by Crippen LogP contribution is -2.39. The minimum absolute atomic E-state index is 0.0589. The molecule has 6 rings (SSSR count). The Hall–Kier alpha value is -2.38. The van der Waals surface area contributed by atoms with Gasteiger partial charge < -0.3 is 19.7 Å². The van der Waals surface area contributed by atoms with Crippen LogP contribution in [0.3, 0.4) is 0 Å². The maximum atomic E-state index is 13.1. The fourth-order valence-electron chi connectivity index (χ4n) is 4.04. The molecule has 2 saturated heterocycles. The highest BCUT2D eigenvalue weighted by molar-refractivity contribution is 9.10. The summed E-state index contributed by atoms with van der Waals surface area (Å²) in [6.45, 7) is -0.229. The molecule has 1 aromatic carbocycles. The molecule has 0 aliphatic carbocycles. The van der Waals surface area contributed by atoms with E-state index < -0.39 is 37.9 Å². The van der Waals surface area contributed by atoms with E-state index in [0.717, 1.165) is 5.56 Å². The third-order valence-electron chi connectivity index (χ3n) is 5.51. The normalized spacial score (nSPS) is 30.2. The van der Waals surface area contributed by atoms with Gasteiger partial charge in [0.15, 0.2) is 22.1 Å². The van der Waals surface area contributed by atoms with E-state index in [0.29, 0.717) is 5.69 Å². The second kappa shape index (κ2) is 7.06. The molecule has 3 N–H and O–H groups in total. The number of H-pyrrole nitrogens is 1. The van der Waals surface area contributed by atoms with E-state index >= 15 is 0 Å². The Morgan fingerprint density at radius 2 is 2.03 bits per heavy atom. The molecule has 0 radical (unpaired) electrons. The number of rotatable bonds is 2. The summed E-state index contributed by atoms with van der Waals surface area (Å²) in [5, 5.41) is 10.8. The molecule has 32 heavy (non-hydrogen) atoms. The molecule has 4 aromatic rings. The van der Waals surface area contributed by atoms with Crippen LogP contribution in [0.15, 0.2) is 46.1 Å². The highest BCUT2D eigenvalue weighted by atomic mass is 79.9. The number of imidazole rings is 2. The molecule has 5 heterocycles. The number of aromatic amines is 1. The van der Waals surface area contributed by atoms with E-state index in [1.807, 2.05) is 30.3 Å². The SMILES string of the molecule is O=c1c2nc(Br)n([C@@H]3O[C@@H]4COP(=O)(O)O[C@@H]4C3O)c2nc2[nH]c(-c3ccccc3)cn12. The number of halogens is 1. The van der Waals surface area contributed by atoms with Crippen molar-refractivity contribution in [2.45, 2.75) is 24.5 Å². The van der Waals surface area contributed by atoms with Gasteiger partial charge in [-0.25, -0.2) is 13.9 Å². The molecule has 3 aromatic heterocycles. The fraction of sp³-hybridized carbons (Fsp3) is 0.278. The molecular formula is C18H15BrN5O7P. The van der Waals surface area contributed by atoms with Crippen LogP contribution in [-0.4, -0.2) is 58.8 Å². The van der Waals surface area contributed by atoms with E-state index in [9.17, 15) is 19.4 Å². The number of phosphoric acid groups is 1. The molecule has 2 aliphatic heterocycles. The van der Waals surface area contributed by atoms with Gasteiger partial charge in [0.05, 0.1) is 12.3 Å². The summed E-state index contributed by atoms with van der Waals surface area (Å²) in [6.07, 6.45) is -2.64. The van der Waals surface area contributed by atoms with Crippen molar-refractivity contribution in [3.63, 3.8) is 0 Å². The van der Waals surface area contributed by atoms with Crippen molar-refractivity contribution in [1.29, 1.82) is 0 Å². The Morgan fingerprint density at radius 1 is 1.25 bits per heavy atom. The lowest BCUT2D eigenvalue weighted by Gasteiger charge is -2.27. The van der Waals surface area contributed by atoms with Crippen molar-refractivity contribution in [3.05, 3.63) is 51.6 Å². The van der Waals surface area contributed by atoms with E-state index in [4.69, 9.17) is 13.8 Å². The number of nitrogens with zero attached hydrogens (tertiary/aromatic N) is 4. The number of benzene rings is 1. The molecule has 2 aliphatic rings. The minimum Gasteiger partial charge on any atom is -0.386 e. The largest absolute Gasteiger partial charge is 0.472 e. The molecule has 166 valence electrons. The van der Waals surface area contributed by atoms with Gasteiger partial charge in [-0.05, 0) is 21.5 Å². The van der Waals surface area contributed by atoms with Gasteiger partial charge in [0.2, 0.25) is 5.78 Å². The summed E-state index contributed by atoms with van der Waals surface area (Å²) in [5.74, 6) is 0.277. The maximum absolute atomic E-state index is 13.1. The van der Waals surface area contributed by atoms with Crippen molar-refractivity contribution < 1.29 is 28.3 Å². The van der Waals surface area contributed by atoms with Crippen LogP contribution in [-0.2, 0) is 18.3 Å². The molecule has 12 nitrogen and oxygen atoms in total. The smallest absolute Gasteiger partial charge is 0.386 e. The molecule has 14 heteroatoms. The first-order valence-corrected chi connectivity index (χ1v) is 11.8. The van der Waals surface area contributed by atoms with Gasteiger partial charge in [-0.15, -0.1) is 0 Å². The second-order valence-corrected chi connectivity index (χ2v) is 9.57. The number of ether oxygens (including phenoxy) is 1. The van der Waals surface area contributed by atoms with Crippen LogP contribution in [0.2, 0.25) is 0 Å². The van der Waals surface area contributed by atoms with Crippen LogP contribution in [0.1, 0.15) is 6.23 Å². The number of fused-ring (bicyclic) bond motifs is 3. The van der Waals surface area contributed by atoms with Gasteiger partial charge in [-0.2, -0.15) is 4.98 Å². The number of aliphatic hydroxyl groups excluding tert-OH is 1. The zero-order chi connectivity index (χ0) is 22.2. The monoisotopic (exact) mass is 523 g/mol. The molecule has 0 amide bonds. The predicted molar refractivity (Wildman–Crippen MR) is 113 cm³/mol. The number of phosphoric ester groups is 1. The average molecular weight is 524 g/mol. The Labute approximate surface area is 187 Å². The van der Waals surface area contributed by atoms with Crippen LogP contribution in [0.25, 0.3) is 28.2 Å². The number of hydrogen-bond acceptors (Lipinski definition) is 8. The first-order valence-electron chi connectivity index (χ1n) is 9.56. The van der Waals surface area contributed by atoms with Crippen LogP contribution >= 0.6 is 23.8 Å². The van der Waals surface area contributed by atoms with Crippen molar-refractivity contribution in [3.8, 4) is 11.3 Å². The molecular weight excluding hydrogens is 509 g/mol. The van der Waals surface area contributed by atoms with E-state index in [2.05, 4.69) is 30.9 Å². The van der Waals surface area contributed by atoms with Gasteiger partial charge in [0.25, 0.3) is 5.56 Å². The molecule has 0 bridgehead atoms. The molecule has 0 spiro atoms. The Morgan fingerprint density at radius 3 is 2.81 bits per heavy atom. The lowest BCUT2D eigenvalue weighted by molar-refractivity contribution is -0.0669. The molecule has 5 atom stereocenters. The van der Waals surface area contributed by atoms with Crippen LogP contribution < -0.4 is 5.56 Å². The third kappa shape index (κ3) is 3.01. The molecule has 2 fully saturated rings. The van der Waals surface area contributed by atoms with E-state index in [1.54, 1.807) is 6.20 Å². The molecule has 0 saturated carbocycles. The van der Waals surface area contributed by atoms with Crippen LogP contribution in [0.5, 0.6) is 0 Å². The first-order chi connectivity index (χ1) is 15.3. The van der Waals surface area contributed by atoms with Gasteiger partial charge in [-0.1, -0.05) is 30.3 Å². The summed E-state index contributed by atoms with van der Waals surface area (Å²) >= 11 is 3.30. The third-order valence-corrected chi connectivity index (χ3v) is 7.06. The quantitative estimate of drug-likeness (QED) is 0.262. The Kier molecular flexibility index (Phi) is 4.46. The number of hydrogen-bond donors (Lipinski definition) is 3. The van der Waals surface area contributed by atoms with Crippen LogP contribution in [0, 0.1) is 0 Å². The zero-order valence-corrected chi connectivity index (χ0v) is 18.5. The van der Waals surface area contributed by atoms with Gasteiger partial charge in [-0.3, -0.25) is 18.4 Å². The first kappa shape index (κ1) is 20.2. The van der Waals surface area contributed by atoms with Gasteiger partial charge >= 0.3 is 7.82 Å². The summed E-state index contributed by atoms with van der Waals surface area (Å²) in [4.78, 5) is 34.6. The van der Waals surface area contributed by atoms with Crippen molar-refractivity contribution in [2.75, 3.05) is 6.61 Å². The highest BCUT2D eigenvalue weighted by Gasteiger charge is 2.53. The molecule has 2 unspecified atom stereocenters. The lowest BCUT2D eigenvalue weighted by atomic mass is 10.1. The van der Waals surface area contributed by atoms with E-state index in [-0.39, 0.29) is 28.3 Å². The summed E-state index contributed by atoms with van der Waals surface area (Å²) in [6, 6.07) is 9.46. The number of aliphatic hydroxyl groups is 1. The Balaban J connectivity index is 1.48. The predicted octanol–water partition coefficient (Wildman–Crippen LogP) is 1.58. The minimum atomic E-state index is -4.27. The van der Waals surface area contributed by atoms with Crippen molar-refractivity contribution in [2.24, 2.45) is 0 Å². The standard InChI is InChI=1S/C18H15BrN5O7P/c19-17-21-11-14(24(17)16-12(25)13-10(30-16)7-29-32(27,28)31-13)22-18-20-9(6-23(18)15(11)26)8-4-2-1-3-5-8/h1-6,10,12-13,16,25H,7H2,(H,20,22)(H,27,28)/t10-,12?,13+,16-/m1/s1. The second-order valence-electron chi connectivity index (χ2n) is 7.46. The fourth-order valence-corrected chi connectivity index (χ4v) is 5.55. The number of nitrogens with one attached hydrogen (secondary N) is 1. The maximum Gasteiger partial charge on any atom is 0.472 e. The van der Waals surface area contributed by atoms with Crippen molar-refractivity contribution in [1.82, 2.24) is 23.9 Å². The van der Waals surface area contributed by atoms with Gasteiger partial charge in [0.1, 0.15) is 18.3 Å². The zero-order valence-electron chi connectivity index (χ0n) is 16.0. The Bertz CT molecular complexity index is 1470. The van der Waals surface area contributed by atoms with Gasteiger partial charge in [0, 0.05) is 6.20 Å². The summed E-state index contributed by atoms with van der Waals surface area (Å²) < 4.78 is 30.3. The summed E-state index contributed by atoms with van der Waals surface area (Å²) in [7, 11) is -4.27.